The molecule has 0 spiro atoms. The molecule has 1 aromatic rings. The third kappa shape index (κ3) is 2.83. The Morgan fingerprint density at radius 2 is 2.24 bits per heavy atom. The first-order chi connectivity index (χ1) is 8.08. The first-order valence-electron chi connectivity index (χ1n) is 6.03. The van der Waals surface area contributed by atoms with E-state index in [-0.39, 0.29) is 0 Å². The van der Waals surface area contributed by atoms with Gasteiger partial charge in [0.15, 0.2) is 0 Å². The van der Waals surface area contributed by atoms with Crippen LogP contribution in [0.4, 0.5) is 11.6 Å². The van der Waals surface area contributed by atoms with Crippen molar-refractivity contribution in [3.05, 3.63) is 11.9 Å². The molecule has 0 saturated carbocycles. The molecule has 0 radical (unpaired) electrons. The van der Waals surface area contributed by atoms with E-state index in [0.717, 1.165) is 11.6 Å². The van der Waals surface area contributed by atoms with E-state index < -0.39 is 0 Å². The monoisotopic (exact) mass is 252 g/mol. The van der Waals surface area contributed by atoms with Crippen LogP contribution in [0.15, 0.2) is 6.07 Å². The van der Waals surface area contributed by atoms with Gasteiger partial charge in [0.05, 0.1) is 0 Å². The first kappa shape index (κ1) is 12.5. The third-order valence-electron chi connectivity index (χ3n) is 3.08. The summed E-state index contributed by atoms with van der Waals surface area (Å²) < 4.78 is 0. The number of nitrogens with zero attached hydrogens (tertiary/aromatic N) is 3. The van der Waals surface area contributed by atoms with E-state index in [9.17, 15) is 0 Å². The largest absolute Gasteiger partial charge is 0.384 e. The van der Waals surface area contributed by atoms with Crippen molar-refractivity contribution in [2.45, 2.75) is 32.2 Å². The standard InChI is InChI=1S/C12H20N4S/c1-8(2)12-14-10(13)6-11(15-12)16(3)9-4-5-17-7-9/h6,8-9H,4-5,7H2,1-3H3,(H2,13,14,15). The number of hydrogen-bond donors (Lipinski definition) is 1. The van der Waals surface area contributed by atoms with E-state index >= 15 is 0 Å². The molecule has 1 aromatic heterocycles. The summed E-state index contributed by atoms with van der Waals surface area (Å²) in [6.07, 6.45) is 1.22. The van der Waals surface area contributed by atoms with E-state index in [4.69, 9.17) is 5.73 Å². The maximum atomic E-state index is 5.85. The zero-order valence-electron chi connectivity index (χ0n) is 10.7. The van der Waals surface area contributed by atoms with E-state index in [1.165, 1.54) is 17.9 Å². The van der Waals surface area contributed by atoms with Crippen molar-refractivity contribution in [1.82, 2.24) is 9.97 Å². The summed E-state index contributed by atoms with van der Waals surface area (Å²) in [5, 5.41) is 0. The molecule has 2 rings (SSSR count). The van der Waals surface area contributed by atoms with Crippen molar-refractivity contribution in [3.63, 3.8) is 0 Å². The Morgan fingerprint density at radius 3 is 2.82 bits per heavy atom. The fourth-order valence-corrected chi connectivity index (χ4v) is 3.19. The summed E-state index contributed by atoms with van der Waals surface area (Å²) in [7, 11) is 2.10. The number of hydrogen-bond acceptors (Lipinski definition) is 5. The lowest BCUT2D eigenvalue weighted by molar-refractivity contribution is 0.681. The zero-order chi connectivity index (χ0) is 12.4. The van der Waals surface area contributed by atoms with Crippen molar-refractivity contribution < 1.29 is 0 Å². The first-order valence-corrected chi connectivity index (χ1v) is 7.18. The zero-order valence-corrected chi connectivity index (χ0v) is 11.5. The van der Waals surface area contributed by atoms with Crippen LogP contribution in [-0.2, 0) is 0 Å². The van der Waals surface area contributed by atoms with Gasteiger partial charge in [-0.2, -0.15) is 11.8 Å². The van der Waals surface area contributed by atoms with Gasteiger partial charge in [-0.05, 0) is 12.2 Å². The number of nitrogen functional groups attached to an aromatic ring is 1. The number of rotatable bonds is 3. The Bertz CT molecular complexity index is 388. The van der Waals surface area contributed by atoms with Gasteiger partial charge in [-0.1, -0.05) is 13.8 Å². The summed E-state index contributed by atoms with van der Waals surface area (Å²) in [4.78, 5) is 11.1. The topological polar surface area (TPSA) is 55.0 Å². The SMILES string of the molecule is CC(C)c1nc(N)cc(N(C)C2CCSC2)n1. The van der Waals surface area contributed by atoms with Gasteiger partial charge >= 0.3 is 0 Å². The molecule has 1 saturated heterocycles. The summed E-state index contributed by atoms with van der Waals surface area (Å²) >= 11 is 2.00. The third-order valence-corrected chi connectivity index (χ3v) is 4.23. The summed E-state index contributed by atoms with van der Waals surface area (Å²) in [5.74, 6) is 5.08. The molecule has 2 heterocycles. The molecule has 4 nitrogen and oxygen atoms in total. The van der Waals surface area contributed by atoms with Crippen LogP contribution in [0.25, 0.3) is 0 Å². The van der Waals surface area contributed by atoms with Crippen LogP contribution in [0.1, 0.15) is 32.0 Å². The lowest BCUT2D eigenvalue weighted by Crippen LogP contribution is -2.32. The molecule has 1 aliphatic heterocycles. The molecule has 1 atom stereocenters. The van der Waals surface area contributed by atoms with Gasteiger partial charge in [0, 0.05) is 30.8 Å². The number of nitrogens with two attached hydrogens (primary N) is 1. The Morgan fingerprint density at radius 1 is 1.47 bits per heavy atom. The molecule has 0 bridgehead atoms. The van der Waals surface area contributed by atoms with Crippen molar-refractivity contribution in [3.8, 4) is 0 Å². The highest BCUT2D eigenvalue weighted by atomic mass is 32.2. The van der Waals surface area contributed by atoms with Crippen LogP contribution in [0.3, 0.4) is 0 Å². The van der Waals surface area contributed by atoms with Crippen molar-refractivity contribution in [2.75, 3.05) is 29.2 Å². The average molecular weight is 252 g/mol. The minimum atomic E-state index is 0.309. The predicted molar refractivity (Wildman–Crippen MR) is 74.7 cm³/mol. The highest BCUT2D eigenvalue weighted by molar-refractivity contribution is 7.99. The van der Waals surface area contributed by atoms with Crippen LogP contribution in [0.5, 0.6) is 0 Å². The highest BCUT2D eigenvalue weighted by Gasteiger charge is 2.22. The van der Waals surface area contributed by atoms with Crippen LogP contribution >= 0.6 is 11.8 Å². The Balaban J connectivity index is 2.24. The molecule has 94 valence electrons. The predicted octanol–water partition coefficient (Wildman–Crippen LogP) is 2.12. The van der Waals surface area contributed by atoms with Gasteiger partial charge in [-0.15, -0.1) is 0 Å². The fraction of sp³-hybridized carbons (Fsp3) is 0.667. The van der Waals surface area contributed by atoms with Gasteiger partial charge < -0.3 is 10.6 Å². The van der Waals surface area contributed by atoms with Crippen molar-refractivity contribution in [2.24, 2.45) is 0 Å². The van der Waals surface area contributed by atoms with Gasteiger partial charge in [0.2, 0.25) is 0 Å². The van der Waals surface area contributed by atoms with Gasteiger partial charge in [-0.3, -0.25) is 0 Å². The number of aromatic nitrogens is 2. The molecule has 17 heavy (non-hydrogen) atoms. The van der Waals surface area contributed by atoms with Gasteiger partial charge in [-0.25, -0.2) is 9.97 Å². The lowest BCUT2D eigenvalue weighted by Gasteiger charge is -2.25. The lowest BCUT2D eigenvalue weighted by atomic mass is 10.2. The Kier molecular flexibility index (Phi) is 3.76. The van der Waals surface area contributed by atoms with Crippen LogP contribution in [0.2, 0.25) is 0 Å². The van der Waals surface area contributed by atoms with Crippen LogP contribution in [0, 0.1) is 0 Å². The number of thioether (sulfide) groups is 1. The Hall–Kier alpha value is -0.970. The molecule has 1 fully saturated rings. The molecule has 5 heteroatoms. The summed E-state index contributed by atoms with van der Waals surface area (Å²) in [5.41, 5.74) is 5.85. The molecule has 0 amide bonds. The molecule has 2 N–H and O–H groups in total. The second-order valence-electron chi connectivity index (χ2n) is 4.79. The second kappa shape index (κ2) is 5.12. The quantitative estimate of drug-likeness (QED) is 0.893. The maximum absolute atomic E-state index is 5.85. The molecular formula is C12H20N4S. The van der Waals surface area contributed by atoms with Gasteiger partial charge in [0.25, 0.3) is 0 Å². The smallest absolute Gasteiger partial charge is 0.135 e. The summed E-state index contributed by atoms with van der Waals surface area (Å²) in [6.45, 7) is 4.17. The van der Waals surface area contributed by atoms with Crippen LogP contribution in [-0.4, -0.2) is 34.6 Å². The second-order valence-corrected chi connectivity index (χ2v) is 5.94. The van der Waals surface area contributed by atoms with Crippen molar-refractivity contribution in [1.29, 1.82) is 0 Å². The van der Waals surface area contributed by atoms with E-state index in [2.05, 4.69) is 35.8 Å². The van der Waals surface area contributed by atoms with E-state index in [1.807, 2.05) is 17.8 Å². The van der Waals surface area contributed by atoms with E-state index in [1.54, 1.807) is 0 Å². The molecule has 1 aliphatic rings. The average Bonchev–Trinajstić information content (AvgIpc) is 2.80. The highest BCUT2D eigenvalue weighted by Crippen LogP contribution is 2.26. The normalized spacial score (nSPS) is 19.9. The fourth-order valence-electron chi connectivity index (χ4n) is 1.92. The molecule has 0 aliphatic carbocycles. The minimum Gasteiger partial charge on any atom is -0.384 e. The molecular weight excluding hydrogens is 232 g/mol. The van der Waals surface area contributed by atoms with Crippen molar-refractivity contribution >= 4 is 23.4 Å². The molecule has 1 unspecified atom stereocenters. The number of anilines is 2. The maximum Gasteiger partial charge on any atom is 0.135 e. The van der Waals surface area contributed by atoms with Gasteiger partial charge in [0.1, 0.15) is 17.5 Å². The van der Waals surface area contributed by atoms with E-state index in [0.29, 0.717) is 17.8 Å². The minimum absolute atomic E-state index is 0.309. The molecule has 0 aromatic carbocycles. The summed E-state index contributed by atoms with van der Waals surface area (Å²) in [6, 6.07) is 2.45. The van der Waals surface area contributed by atoms with Crippen LogP contribution < -0.4 is 10.6 Å². The Labute approximate surface area is 107 Å².